The first-order chi connectivity index (χ1) is 11.7. The smallest absolute Gasteiger partial charge is 0.230 e. The maximum Gasteiger partial charge on any atom is 0.230 e. The molecule has 0 aliphatic heterocycles. The van der Waals surface area contributed by atoms with Crippen LogP contribution < -0.4 is 5.32 Å². The third-order valence-electron chi connectivity index (χ3n) is 3.20. The van der Waals surface area contributed by atoms with E-state index in [0.29, 0.717) is 29.7 Å². The number of halogens is 1. The summed E-state index contributed by atoms with van der Waals surface area (Å²) in [5.74, 6) is 0.974. The molecule has 1 aromatic carbocycles. The van der Waals surface area contributed by atoms with Crippen LogP contribution in [0.2, 0.25) is 0 Å². The number of carbonyl (C=O) groups is 1. The highest BCUT2D eigenvalue weighted by Gasteiger charge is 2.10. The highest BCUT2D eigenvalue weighted by atomic mass is 32.2. The summed E-state index contributed by atoms with van der Waals surface area (Å²) < 4.78 is 18.0. The zero-order chi connectivity index (χ0) is 16.8. The van der Waals surface area contributed by atoms with E-state index in [-0.39, 0.29) is 17.5 Å². The van der Waals surface area contributed by atoms with Crippen LogP contribution in [0.5, 0.6) is 0 Å². The summed E-state index contributed by atoms with van der Waals surface area (Å²) in [6.07, 6.45) is 2.21. The quantitative estimate of drug-likeness (QED) is 0.643. The molecule has 124 valence electrons. The molecule has 0 spiro atoms. The number of nitrogens with one attached hydrogen (secondary N) is 2. The summed E-state index contributed by atoms with van der Waals surface area (Å²) in [5.41, 5.74) is 0.974. The van der Waals surface area contributed by atoms with Crippen LogP contribution >= 0.6 is 11.8 Å². The number of carbonyl (C=O) groups excluding carboxylic acids is 1. The Morgan fingerprint density at radius 1 is 1.29 bits per heavy atom. The normalized spacial score (nSPS) is 10.7. The number of rotatable bonds is 7. The van der Waals surface area contributed by atoms with Crippen molar-refractivity contribution in [2.24, 2.45) is 0 Å². The van der Waals surface area contributed by atoms with Crippen LogP contribution in [0.3, 0.4) is 0 Å². The highest BCUT2D eigenvalue weighted by molar-refractivity contribution is 7.99. The van der Waals surface area contributed by atoms with Gasteiger partial charge in [0, 0.05) is 6.54 Å². The molecule has 0 atom stereocenters. The van der Waals surface area contributed by atoms with Crippen LogP contribution in [-0.2, 0) is 11.2 Å². The predicted octanol–water partition coefficient (Wildman–Crippen LogP) is 2.65. The van der Waals surface area contributed by atoms with Crippen molar-refractivity contribution < 1.29 is 13.6 Å². The second kappa shape index (κ2) is 7.78. The van der Waals surface area contributed by atoms with Crippen LogP contribution in [0.15, 0.2) is 52.2 Å². The SMILES string of the molecule is O=C(CSc1n[nH]c(-c2ccco2)n1)NCCc1ccc(F)cc1. The maximum absolute atomic E-state index is 12.8. The van der Waals surface area contributed by atoms with E-state index in [4.69, 9.17) is 4.42 Å². The van der Waals surface area contributed by atoms with Gasteiger partial charge in [0.05, 0.1) is 12.0 Å². The highest BCUT2D eigenvalue weighted by Crippen LogP contribution is 2.19. The molecule has 24 heavy (non-hydrogen) atoms. The van der Waals surface area contributed by atoms with Gasteiger partial charge in [0.2, 0.25) is 11.1 Å². The Kier molecular flexibility index (Phi) is 5.27. The summed E-state index contributed by atoms with van der Waals surface area (Å²) >= 11 is 1.24. The molecule has 0 fully saturated rings. The lowest BCUT2D eigenvalue weighted by molar-refractivity contribution is -0.118. The van der Waals surface area contributed by atoms with Crippen LogP contribution in [-0.4, -0.2) is 33.4 Å². The second-order valence-corrected chi connectivity index (χ2v) is 5.90. The van der Waals surface area contributed by atoms with Crippen molar-refractivity contribution in [3.8, 4) is 11.6 Å². The number of aromatic amines is 1. The van der Waals surface area contributed by atoms with Gasteiger partial charge >= 0.3 is 0 Å². The van der Waals surface area contributed by atoms with E-state index < -0.39 is 0 Å². The fraction of sp³-hybridized carbons (Fsp3) is 0.188. The van der Waals surface area contributed by atoms with Gasteiger partial charge in [0.25, 0.3) is 0 Å². The summed E-state index contributed by atoms with van der Waals surface area (Å²) in [7, 11) is 0. The molecule has 0 saturated carbocycles. The lowest BCUT2D eigenvalue weighted by Gasteiger charge is -2.04. The number of thioether (sulfide) groups is 1. The zero-order valence-electron chi connectivity index (χ0n) is 12.7. The fourth-order valence-electron chi connectivity index (χ4n) is 2.01. The molecule has 0 aliphatic carbocycles. The standard InChI is InChI=1S/C16H15FN4O2S/c17-12-5-3-11(4-6-12)7-8-18-14(22)10-24-16-19-15(20-21-16)13-2-1-9-23-13/h1-6,9H,7-8,10H2,(H,18,22)(H,19,20,21). The van der Waals surface area contributed by atoms with Crippen molar-refractivity contribution in [1.82, 2.24) is 20.5 Å². The number of hydrogen-bond donors (Lipinski definition) is 2. The first kappa shape index (κ1) is 16.3. The van der Waals surface area contributed by atoms with Crippen molar-refractivity contribution in [1.29, 1.82) is 0 Å². The van der Waals surface area contributed by atoms with E-state index in [1.54, 1.807) is 30.5 Å². The van der Waals surface area contributed by atoms with E-state index in [2.05, 4.69) is 20.5 Å². The molecule has 0 saturated heterocycles. The molecular formula is C16H15FN4O2S. The van der Waals surface area contributed by atoms with Gasteiger partial charge in [0.15, 0.2) is 11.6 Å². The molecular weight excluding hydrogens is 331 g/mol. The number of H-pyrrole nitrogens is 1. The van der Waals surface area contributed by atoms with E-state index in [1.807, 2.05) is 0 Å². The lowest BCUT2D eigenvalue weighted by atomic mass is 10.1. The molecule has 8 heteroatoms. The Morgan fingerprint density at radius 2 is 2.12 bits per heavy atom. The molecule has 3 aromatic rings. The van der Waals surface area contributed by atoms with Gasteiger partial charge in [0.1, 0.15) is 5.82 Å². The Hall–Kier alpha value is -2.61. The maximum atomic E-state index is 12.8. The van der Waals surface area contributed by atoms with Crippen LogP contribution in [0.4, 0.5) is 4.39 Å². The van der Waals surface area contributed by atoms with Gasteiger partial charge < -0.3 is 9.73 Å². The fourth-order valence-corrected chi connectivity index (χ4v) is 2.64. The average molecular weight is 346 g/mol. The largest absolute Gasteiger partial charge is 0.461 e. The topological polar surface area (TPSA) is 83.8 Å². The molecule has 2 heterocycles. The van der Waals surface area contributed by atoms with Crippen molar-refractivity contribution in [3.05, 3.63) is 54.0 Å². The molecule has 2 aromatic heterocycles. The van der Waals surface area contributed by atoms with Gasteiger partial charge in [-0.1, -0.05) is 23.9 Å². The van der Waals surface area contributed by atoms with Crippen molar-refractivity contribution >= 4 is 17.7 Å². The van der Waals surface area contributed by atoms with Gasteiger partial charge in [-0.05, 0) is 36.2 Å². The van der Waals surface area contributed by atoms with Gasteiger partial charge in [-0.2, -0.15) is 4.98 Å². The Labute approximate surface area is 141 Å². The third kappa shape index (κ3) is 4.45. The third-order valence-corrected chi connectivity index (χ3v) is 4.05. The predicted molar refractivity (Wildman–Crippen MR) is 87.9 cm³/mol. The number of benzene rings is 1. The summed E-state index contributed by atoms with van der Waals surface area (Å²) in [4.78, 5) is 16.1. The minimum absolute atomic E-state index is 0.105. The number of amides is 1. The summed E-state index contributed by atoms with van der Waals surface area (Å²) in [6.45, 7) is 0.497. The minimum atomic E-state index is -0.264. The Morgan fingerprint density at radius 3 is 2.88 bits per heavy atom. The minimum Gasteiger partial charge on any atom is -0.461 e. The molecule has 6 nitrogen and oxygen atoms in total. The first-order valence-electron chi connectivity index (χ1n) is 7.31. The summed E-state index contributed by atoms with van der Waals surface area (Å²) in [6, 6.07) is 9.77. The van der Waals surface area contributed by atoms with Crippen LogP contribution in [0.25, 0.3) is 11.6 Å². The van der Waals surface area contributed by atoms with Crippen LogP contribution in [0, 0.1) is 5.82 Å². The Balaban J connectivity index is 1.40. The monoisotopic (exact) mass is 346 g/mol. The lowest BCUT2D eigenvalue weighted by Crippen LogP contribution is -2.27. The molecule has 3 rings (SSSR count). The molecule has 0 radical (unpaired) electrons. The van der Waals surface area contributed by atoms with Crippen LogP contribution in [0.1, 0.15) is 5.56 Å². The van der Waals surface area contributed by atoms with E-state index >= 15 is 0 Å². The molecule has 2 N–H and O–H groups in total. The number of hydrogen-bond acceptors (Lipinski definition) is 5. The van der Waals surface area contributed by atoms with Crippen molar-refractivity contribution in [3.63, 3.8) is 0 Å². The Bertz CT molecular complexity index is 787. The molecule has 0 aliphatic rings. The van der Waals surface area contributed by atoms with Gasteiger partial charge in [-0.3, -0.25) is 9.89 Å². The number of aromatic nitrogens is 3. The zero-order valence-corrected chi connectivity index (χ0v) is 13.5. The molecule has 0 bridgehead atoms. The van der Waals surface area contributed by atoms with E-state index in [1.165, 1.54) is 23.9 Å². The average Bonchev–Trinajstić information content (AvgIpc) is 3.26. The van der Waals surface area contributed by atoms with E-state index in [9.17, 15) is 9.18 Å². The first-order valence-corrected chi connectivity index (χ1v) is 8.29. The second-order valence-electron chi connectivity index (χ2n) is 4.96. The number of nitrogens with zero attached hydrogens (tertiary/aromatic N) is 2. The van der Waals surface area contributed by atoms with Gasteiger partial charge in [-0.25, -0.2) is 4.39 Å². The van der Waals surface area contributed by atoms with Crippen molar-refractivity contribution in [2.45, 2.75) is 11.6 Å². The van der Waals surface area contributed by atoms with Gasteiger partial charge in [-0.15, -0.1) is 5.10 Å². The van der Waals surface area contributed by atoms with Crippen molar-refractivity contribution in [2.75, 3.05) is 12.3 Å². The molecule has 0 unspecified atom stereocenters. The number of furan rings is 1. The van der Waals surface area contributed by atoms with E-state index in [0.717, 1.165) is 5.56 Å². The molecule has 1 amide bonds. The summed E-state index contributed by atoms with van der Waals surface area (Å²) in [5, 5.41) is 10.1.